The van der Waals surface area contributed by atoms with Gasteiger partial charge >= 0.3 is 0 Å². The van der Waals surface area contributed by atoms with E-state index in [1.54, 1.807) is 12.4 Å². The highest BCUT2D eigenvalue weighted by Gasteiger charge is 2.04. The lowest BCUT2D eigenvalue weighted by atomic mass is 10.00. The molecule has 4 nitrogen and oxygen atoms in total. The van der Waals surface area contributed by atoms with Gasteiger partial charge in [-0.1, -0.05) is 31.2 Å². The predicted molar refractivity (Wildman–Crippen MR) is 105 cm³/mol. The summed E-state index contributed by atoms with van der Waals surface area (Å²) in [5, 5.41) is 8.18. The maximum Gasteiger partial charge on any atom is 0.145 e. The molecular weight excluding hydrogens is 322 g/mol. The number of fused-ring (bicyclic) bond motifs is 1. The Balaban J connectivity index is 1.64. The molecule has 0 aliphatic rings. The van der Waals surface area contributed by atoms with E-state index in [0.717, 1.165) is 39.9 Å². The van der Waals surface area contributed by atoms with Crippen molar-refractivity contribution in [1.29, 1.82) is 0 Å². The summed E-state index contributed by atoms with van der Waals surface area (Å²) in [4.78, 5) is 4.09. The maximum absolute atomic E-state index is 5.91. The van der Waals surface area contributed by atoms with Gasteiger partial charge in [-0.05, 0) is 59.5 Å². The van der Waals surface area contributed by atoms with Crippen molar-refractivity contribution in [3.63, 3.8) is 0 Å². The van der Waals surface area contributed by atoms with Crippen molar-refractivity contribution in [2.45, 2.75) is 13.3 Å². The van der Waals surface area contributed by atoms with Crippen LogP contribution in [-0.4, -0.2) is 15.2 Å². The van der Waals surface area contributed by atoms with Crippen LogP contribution in [0.3, 0.4) is 0 Å². The summed E-state index contributed by atoms with van der Waals surface area (Å²) in [6, 6.07) is 18.2. The molecule has 0 saturated carbocycles. The van der Waals surface area contributed by atoms with Crippen LogP contribution in [-0.2, 0) is 0 Å². The van der Waals surface area contributed by atoms with Gasteiger partial charge in [-0.25, -0.2) is 0 Å². The number of rotatable bonds is 5. The monoisotopic (exact) mass is 341 g/mol. The Bertz CT molecular complexity index is 1050. The Kier molecular flexibility index (Phi) is 4.48. The lowest BCUT2D eigenvalue weighted by Crippen LogP contribution is -1.88. The number of hydrogen-bond acceptors (Lipinski definition) is 3. The van der Waals surface area contributed by atoms with Gasteiger partial charge in [0.25, 0.3) is 0 Å². The zero-order valence-corrected chi connectivity index (χ0v) is 14.5. The van der Waals surface area contributed by atoms with Gasteiger partial charge in [-0.3, -0.25) is 10.1 Å². The Morgan fingerprint density at radius 3 is 2.81 bits per heavy atom. The first-order chi connectivity index (χ1) is 12.8. The van der Waals surface area contributed by atoms with E-state index >= 15 is 0 Å². The first-order valence-corrected chi connectivity index (χ1v) is 8.64. The topological polar surface area (TPSA) is 50.8 Å². The maximum atomic E-state index is 5.91. The Hall–Kier alpha value is -3.40. The minimum Gasteiger partial charge on any atom is -0.456 e. The van der Waals surface area contributed by atoms with Crippen molar-refractivity contribution >= 4 is 22.6 Å². The minimum atomic E-state index is 0.733. The summed E-state index contributed by atoms with van der Waals surface area (Å²) in [5.74, 6) is 1.54. The Labute approximate surface area is 152 Å². The number of hydrogen-bond donors (Lipinski definition) is 1. The van der Waals surface area contributed by atoms with Gasteiger partial charge in [0, 0.05) is 11.6 Å². The number of aromatic nitrogens is 3. The fraction of sp³-hybridized carbons (Fsp3) is 0.0909. The van der Waals surface area contributed by atoms with E-state index in [2.05, 4.69) is 58.5 Å². The highest BCUT2D eigenvalue weighted by atomic mass is 16.5. The van der Waals surface area contributed by atoms with Crippen LogP contribution in [0, 0.1) is 0 Å². The van der Waals surface area contributed by atoms with E-state index < -0.39 is 0 Å². The van der Waals surface area contributed by atoms with Gasteiger partial charge < -0.3 is 4.74 Å². The summed E-state index contributed by atoms with van der Waals surface area (Å²) < 4.78 is 5.91. The second-order valence-electron chi connectivity index (χ2n) is 6.06. The summed E-state index contributed by atoms with van der Waals surface area (Å²) >= 11 is 0. The number of H-pyrrole nitrogens is 1. The summed E-state index contributed by atoms with van der Waals surface area (Å²) in [5.41, 5.74) is 4.62. The van der Waals surface area contributed by atoms with Crippen LogP contribution in [0.5, 0.6) is 11.5 Å². The van der Waals surface area contributed by atoms with Crippen LogP contribution < -0.4 is 4.74 Å². The average molecular weight is 341 g/mol. The molecule has 0 aliphatic heterocycles. The highest BCUT2D eigenvalue weighted by molar-refractivity contribution is 5.86. The van der Waals surface area contributed by atoms with Crippen molar-refractivity contribution in [1.82, 2.24) is 15.2 Å². The number of nitrogens with one attached hydrogen (secondary N) is 1. The SMILES string of the molecule is CC/C(=C\c1ccc2[nH]ncc2c1)c1cccc(Oc2cccnc2)c1. The van der Waals surface area contributed by atoms with Crippen LogP contribution in [0.15, 0.2) is 73.2 Å². The van der Waals surface area contributed by atoms with Crippen LogP contribution in [0.2, 0.25) is 0 Å². The van der Waals surface area contributed by atoms with Crippen LogP contribution in [0.4, 0.5) is 0 Å². The number of allylic oxidation sites excluding steroid dienone is 1. The Morgan fingerprint density at radius 1 is 1.04 bits per heavy atom. The molecule has 0 spiro atoms. The number of ether oxygens (including phenoxy) is 1. The molecule has 2 aromatic carbocycles. The fourth-order valence-electron chi connectivity index (χ4n) is 2.94. The number of benzene rings is 2. The second kappa shape index (κ2) is 7.23. The van der Waals surface area contributed by atoms with E-state index in [-0.39, 0.29) is 0 Å². The van der Waals surface area contributed by atoms with Gasteiger partial charge in [0.15, 0.2) is 0 Å². The molecule has 4 rings (SSSR count). The van der Waals surface area contributed by atoms with Crippen molar-refractivity contribution in [2.75, 3.05) is 0 Å². The fourth-order valence-corrected chi connectivity index (χ4v) is 2.94. The largest absolute Gasteiger partial charge is 0.456 e. The smallest absolute Gasteiger partial charge is 0.145 e. The van der Waals surface area contributed by atoms with E-state index in [0.29, 0.717) is 0 Å². The molecule has 0 atom stereocenters. The standard InChI is InChI=1S/C22H19N3O/c1-2-17(11-16-8-9-22-19(12-16)14-24-25-22)18-5-3-6-20(13-18)26-21-7-4-10-23-15-21/h3-15H,2H2,1H3,(H,24,25)/b17-11+. The second-order valence-corrected chi connectivity index (χ2v) is 6.06. The van der Waals surface area contributed by atoms with Gasteiger partial charge in [-0.2, -0.15) is 5.10 Å². The molecule has 0 radical (unpaired) electrons. The third-order valence-electron chi connectivity index (χ3n) is 4.26. The van der Waals surface area contributed by atoms with E-state index in [1.165, 1.54) is 5.57 Å². The van der Waals surface area contributed by atoms with E-state index in [9.17, 15) is 0 Å². The van der Waals surface area contributed by atoms with Crippen molar-refractivity contribution < 1.29 is 4.74 Å². The van der Waals surface area contributed by atoms with Crippen LogP contribution >= 0.6 is 0 Å². The summed E-state index contributed by atoms with van der Waals surface area (Å²) in [7, 11) is 0. The van der Waals surface area contributed by atoms with Crippen molar-refractivity contribution in [3.8, 4) is 11.5 Å². The van der Waals surface area contributed by atoms with Gasteiger partial charge in [0.2, 0.25) is 0 Å². The molecule has 0 aliphatic carbocycles. The van der Waals surface area contributed by atoms with E-state index in [1.807, 2.05) is 30.5 Å². The summed E-state index contributed by atoms with van der Waals surface area (Å²) in [6.07, 6.45) is 8.44. The lowest BCUT2D eigenvalue weighted by molar-refractivity contribution is 0.480. The molecule has 1 N–H and O–H groups in total. The minimum absolute atomic E-state index is 0.733. The molecule has 0 fully saturated rings. The molecule has 4 aromatic rings. The van der Waals surface area contributed by atoms with Crippen LogP contribution in [0.1, 0.15) is 24.5 Å². The third kappa shape index (κ3) is 3.49. The summed E-state index contributed by atoms with van der Waals surface area (Å²) in [6.45, 7) is 2.16. The average Bonchev–Trinajstić information content (AvgIpc) is 3.15. The molecule has 2 aromatic heterocycles. The number of nitrogens with zero attached hydrogens (tertiary/aromatic N) is 2. The molecule has 128 valence electrons. The highest BCUT2D eigenvalue weighted by Crippen LogP contribution is 2.28. The number of pyridine rings is 1. The first kappa shape index (κ1) is 16.1. The van der Waals surface area contributed by atoms with Gasteiger partial charge in [0.05, 0.1) is 17.9 Å². The van der Waals surface area contributed by atoms with E-state index in [4.69, 9.17) is 4.74 Å². The third-order valence-corrected chi connectivity index (χ3v) is 4.26. The molecule has 0 bridgehead atoms. The van der Waals surface area contributed by atoms with Gasteiger partial charge in [0.1, 0.15) is 11.5 Å². The lowest BCUT2D eigenvalue weighted by Gasteiger charge is -2.09. The molecular formula is C22H19N3O. The molecule has 26 heavy (non-hydrogen) atoms. The van der Waals surface area contributed by atoms with Crippen molar-refractivity contribution in [3.05, 3.63) is 84.3 Å². The zero-order chi connectivity index (χ0) is 17.8. The Morgan fingerprint density at radius 2 is 1.96 bits per heavy atom. The molecule has 2 heterocycles. The molecule has 4 heteroatoms. The normalized spacial score (nSPS) is 11.7. The van der Waals surface area contributed by atoms with Crippen LogP contribution in [0.25, 0.3) is 22.6 Å². The molecule has 0 saturated heterocycles. The first-order valence-electron chi connectivity index (χ1n) is 8.64. The van der Waals surface area contributed by atoms with Crippen molar-refractivity contribution in [2.24, 2.45) is 0 Å². The quantitative estimate of drug-likeness (QED) is 0.474. The molecule has 0 amide bonds. The number of aromatic amines is 1. The van der Waals surface area contributed by atoms with Gasteiger partial charge in [-0.15, -0.1) is 0 Å². The zero-order valence-electron chi connectivity index (χ0n) is 14.5. The molecule has 0 unspecified atom stereocenters. The predicted octanol–water partition coefficient (Wildman–Crippen LogP) is 5.70.